The van der Waals surface area contributed by atoms with E-state index in [1.54, 1.807) is 6.07 Å². The summed E-state index contributed by atoms with van der Waals surface area (Å²) in [5.41, 5.74) is -0.0921. The van der Waals surface area contributed by atoms with Crippen LogP contribution in [0.5, 0.6) is 0 Å². The van der Waals surface area contributed by atoms with Crippen LogP contribution in [0.1, 0.15) is 0 Å². The quantitative estimate of drug-likeness (QED) is 0.518. The van der Waals surface area contributed by atoms with Crippen molar-refractivity contribution in [2.75, 3.05) is 5.84 Å². The van der Waals surface area contributed by atoms with Crippen molar-refractivity contribution < 1.29 is 4.92 Å². The van der Waals surface area contributed by atoms with Gasteiger partial charge in [-0.05, 0) is 17.8 Å². The van der Waals surface area contributed by atoms with E-state index in [9.17, 15) is 10.1 Å². The van der Waals surface area contributed by atoms with Gasteiger partial charge in [0.25, 0.3) is 5.69 Å². The van der Waals surface area contributed by atoms with Gasteiger partial charge in [0.05, 0.1) is 9.95 Å². The average molecular weight is 272 g/mol. The maximum absolute atomic E-state index is 10.8. The molecule has 0 spiro atoms. The van der Waals surface area contributed by atoms with Crippen LogP contribution in [-0.2, 0) is 0 Å². The third-order valence-corrected chi connectivity index (χ3v) is 3.41. The number of aromatic nitrogens is 3. The first-order valence-corrected chi connectivity index (χ1v) is 5.55. The summed E-state index contributed by atoms with van der Waals surface area (Å²) in [7, 11) is 0. The summed E-state index contributed by atoms with van der Waals surface area (Å²) in [6, 6.07) is 4.44. The van der Waals surface area contributed by atoms with Crippen molar-refractivity contribution in [3.63, 3.8) is 0 Å². The fraction of sp³-hybridized carbons (Fsp3) is 0. The molecule has 0 fully saturated rings. The van der Waals surface area contributed by atoms with E-state index in [0.717, 1.165) is 16.4 Å². The number of nitrogens with two attached hydrogens (primary N) is 1. The van der Waals surface area contributed by atoms with Gasteiger partial charge < -0.3 is 5.84 Å². The fourth-order valence-corrected chi connectivity index (χ4v) is 2.26. The molecule has 0 aliphatic carbocycles. The lowest BCUT2D eigenvalue weighted by Gasteiger charge is -2.03. The van der Waals surface area contributed by atoms with Crippen molar-refractivity contribution in [3.05, 3.63) is 39.7 Å². The highest BCUT2D eigenvalue weighted by molar-refractivity contribution is 7.99. The smallest absolute Gasteiger partial charge is 0.284 e. The monoisotopic (exact) mass is 271 g/mol. The van der Waals surface area contributed by atoms with Crippen LogP contribution in [0.2, 0.25) is 5.02 Å². The largest absolute Gasteiger partial charge is 0.336 e. The zero-order valence-corrected chi connectivity index (χ0v) is 9.85. The second-order valence-electron chi connectivity index (χ2n) is 2.97. The Labute approximate surface area is 105 Å². The molecule has 0 saturated carbocycles. The minimum absolute atomic E-state index is 0.0921. The van der Waals surface area contributed by atoms with Crippen LogP contribution in [-0.4, -0.2) is 19.8 Å². The van der Waals surface area contributed by atoms with Crippen LogP contribution >= 0.6 is 23.4 Å². The van der Waals surface area contributed by atoms with Crippen LogP contribution in [0, 0.1) is 10.1 Å². The first-order valence-electron chi connectivity index (χ1n) is 4.35. The Bertz CT molecular complexity index is 573. The molecular weight excluding hydrogens is 266 g/mol. The topological polar surface area (TPSA) is 99.9 Å². The lowest BCUT2D eigenvalue weighted by molar-refractivity contribution is -0.387. The first kappa shape index (κ1) is 11.7. The maximum Gasteiger partial charge on any atom is 0.284 e. The molecule has 9 heteroatoms. The molecule has 1 heterocycles. The molecule has 0 atom stereocenters. The van der Waals surface area contributed by atoms with E-state index in [0.29, 0.717) is 10.1 Å². The molecular formula is C8H6ClN5O2S. The summed E-state index contributed by atoms with van der Waals surface area (Å²) in [5, 5.41) is 18.7. The molecule has 0 amide bonds. The first-order chi connectivity index (χ1) is 8.09. The summed E-state index contributed by atoms with van der Waals surface area (Å²) in [6.07, 6.45) is 1.30. The van der Waals surface area contributed by atoms with Gasteiger partial charge in [0, 0.05) is 6.07 Å². The Morgan fingerprint density at radius 1 is 1.53 bits per heavy atom. The number of halogens is 1. The number of nitrogens with zero attached hydrogens (tertiary/aromatic N) is 4. The van der Waals surface area contributed by atoms with Gasteiger partial charge in [-0.15, -0.1) is 10.2 Å². The third-order valence-electron chi connectivity index (χ3n) is 1.88. The second-order valence-corrected chi connectivity index (χ2v) is 4.35. The molecule has 17 heavy (non-hydrogen) atoms. The van der Waals surface area contributed by atoms with E-state index >= 15 is 0 Å². The molecule has 0 aliphatic heterocycles. The third kappa shape index (κ3) is 2.32. The van der Waals surface area contributed by atoms with Crippen LogP contribution < -0.4 is 5.84 Å². The predicted molar refractivity (Wildman–Crippen MR) is 62.4 cm³/mol. The molecule has 1 aromatic heterocycles. The van der Waals surface area contributed by atoms with Crippen molar-refractivity contribution in [3.8, 4) is 0 Å². The Morgan fingerprint density at radius 3 is 2.88 bits per heavy atom. The number of rotatable bonds is 3. The van der Waals surface area contributed by atoms with Crippen molar-refractivity contribution in [1.29, 1.82) is 0 Å². The van der Waals surface area contributed by atoms with Crippen molar-refractivity contribution in [2.45, 2.75) is 10.1 Å². The van der Waals surface area contributed by atoms with Crippen molar-refractivity contribution in [1.82, 2.24) is 14.9 Å². The van der Waals surface area contributed by atoms with Gasteiger partial charge in [-0.3, -0.25) is 10.1 Å². The molecule has 2 rings (SSSR count). The van der Waals surface area contributed by atoms with Gasteiger partial charge in [-0.25, -0.2) is 4.68 Å². The molecule has 0 aliphatic rings. The van der Waals surface area contributed by atoms with Gasteiger partial charge in [0.1, 0.15) is 11.2 Å². The summed E-state index contributed by atoms with van der Waals surface area (Å²) < 4.78 is 1.16. The molecule has 0 unspecified atom stereocenters. The van der Waals surface area contributed by atoms with Crippen LogP contribution in [0.4, 0.5) is 5.69 Å². The van der Waals surface area contributed by atoms with Crippen LogP contribution in [0.25, 0.3) is 0 Å². The lowest BCUT2D eigenvalue weighted by Crippen LogP contribution is -2.07. The molecule has 0 radical (unpaired) electrons. The zero-order valence-electron chi connectivity index (χ0n) is 8.28. The molecule has 7 nitrogen and oxygen atoms in total. The number of hydrogen-bond donors (Lipinski definition) is 1. The molecule has 0 saturated heterocycles. The zero-order chi connectivity index (χ0) is 12.4. The van der Waals surface area contributed by atoms with Crippen molar-refractivity contribution >= 4 is 29.1 Å². The Balaban J connectivity index is 2.45. The van der Waals surface area contributed by atoms with E-state index in [1.165, 1.54) is 18.5 Å². The predicted octanol–water partition coefficient (Wildman–Crippen LogP) is 1.70. The number of nitro groups is 1. The average Bonchev–Trinajstić information content (AvgIpc) is 2.67. The number of nitro benzene ring substituents is 1. The number of hydrogen-bond acceptors (Lipinski definition) is 6. The summed E-state index contributed by atoms with van der Waals surface area (Å²) in [6.45, 7) is 0. The van der Waals surface area contributed by atoms with E-state index in [-0.39, 0.29) is 10.7 Å². The fourth-order valence-electron chi connectivity index (χ4n) is 1.14. The van der Waals surface area contributed by atoms with Gasteiger partial charge >= 0.3 is 0 Å². The number of benzene rings is 1. The van der Waals surface area contributed by atoms with E-state index in [4.69, 9.17) is 17.4 Å². The van der Waals surface area contributed by atoms with Crippen LogP contribution in [0.3, 0.4) is 0 Å². The SMILES string of the molecule is Nn1cnnc1Sc1c(Cl)cccc1[N+](=O)[O-]. The minimum Gasteiger partial charge on any atom is -0.336 e. The normalized spacial score (nSPS) is 10.4. The summed E-state index contributed by atoms with van der Waals surface area (Å²) in [5.74, 6) is 5.52. The van der Waals surface area contributed by atoms with E-state index < -0.39 is 4.92 Å². The van der Waals surface area contributed by atoms with E-state index in [2.05, 4.69) is 10.2 Å². The maximum atomic E-state index is 10.8. The van der Waals surface area contributed by atoms with Crippen molar-refractivity contribution in [2.24, 2.45) is 0 Å². The Hall–Kier alpha value is -1.80. The van der Waals surface area contributed by atoms with Gasteiger partial charge in [0.15, 0.2) is 0 Å². The van der Waals surface area contributed by atoms with Gasteiger partial charge in [0.2, 0.25) is 5.16 Å². The molecule has 1 aromatic carbocycles. The summed E-state index contributed by atoms with van der Waals surface area (Å²) in [4.78, 5) is 10.6. The highest BCUT2D eigenvalue weighted by Gasteiger charge is 2.19. The molecule has 0 bridgehead atoms. The highest BCUT2D eigenvalue weighted by Crippen LogP contribution is 2.38. The standard InChI is InChI=1S/C8H6ClN5O2S/c9-5-2-1-3-6(14(15)16)7(5)17-8-12-11-4-13(8)10/h1-4H,10H2. The highest BCUT2D eigenvalue weighted by atomic mass is 35.5. The second kappa shape index (κ2) is 4.60. The van der Waals surface area contributed by atoms with Gasteiger partial charge in [-0.1, -0.05) is 17.7 Å². The minimum atomic E-state index is -0.508. The van der Waals surface area contributed by atoms with E-state index in [1.807, 2.05) is 0 Å². The van der Waals surface area contributed by atoms with Crippen LogP contribution in [0.15, 0.2) is 34.6 Å². The lowest BCUT2D eigenvalue weighted by atomic mass is 10.3. The molecule has 2 N–H and O–H groups in total. The molecule has 2 aromatic rings. The Kier molecular flexibility index (Phi) is 3.16. The van der Waals surface area contributed by atoms with Gasteiger partial charge in [-0.2, -0.15) is 0 Å². The Morgan fingerprint density at radius 2 is 2.29 bits per heavy atom. The molecule has 88 valence electrons. The summed E-state index contributed by atoms with van der Waals surface area (Å²) >= 11 is 6.91. The number of nitrogen functional groups attached to an aromatic ring is 1.